The molecule has 0 heterocycles. The van der Waals surface area contributed by atoms with Crippen molar-refractivity contribution in [3.63, 3.8) is 0 Å². The highest BCUT2D eigenvalue weighted by atomic mass is 16.7. The molecule has 3 N–H and O–H groups in total. The van der Waals surface area contributed by atoms with Gasteiger partial charge in [0.2, 0.25) is 5.91 Å². The lowest BCUT2D eigenvalue weighted by atomic mass is 9.92. The molecule has 174 valence electrons. The maximum atomic E-state index is 12.8. The van der Waals surface area contributed by atoms with Crippen LogP contribution >= 0.6 is 0 Å². The largest absolute Gasteiger partial charge is 0.378 e. The lowest BCUT2D eigenvalue weighted by Crippen LogP contribution is -2.42. The molecular formula is C24H33N3O5. The number of hydroxylamine groups is 1. The second-order valence-electron chi connectivity index (χ2n) is 7.69. The van der Waals surface area contributed by atoms with E-state index >= 15 is 0 Å². The Balaban J connectivity index is 2.12. The summed E-state index contributed by atoms with van der Waals surface area (Å²) in [5, 5.41) is 12.2. The number of carbonyl (C=O) groups is 2. The van der Waals surface area contributed by atoms with Gasteiger partial charge in [-0.15, -0.1) is 0 Å². The Morgan fingerprint density at radius 1 is 1.03 bits per heavy atom. The van der Waals surface area contributed by atoms with Crippen LogP contribution < -0.4 is 15.7 Å². The molecule has 0 unspecified atom stereocenters. The van der Waals surface area contributed by atoms with Gasteiger partial charge < -0.3 is 19.7 Å². The van der Waals surface area contributed by atoms with Gasteiger partial charge in [0.15, 0.2) is 0 Å². The first-order valence-corrected chi connectivity index (χ1v) is 10.7. The number of amides is 2. The number of carbonyl (C=O) groups excluding carboxylic acids is 2. The Labute approximate surface area is 189 Å². The highest BCUT2D eigenvalue weighted by Gasteiger charge is 2.25. The fourth-order valence-electron chi connectivity index (χ4n) is 3.30. The van der Waals surface area contributed by atoms with E-state index in [1.54, 1.807) is 17.6 Å². The van der Waals surface area contributed by atoms with Crippen molar-refractivity contribution in [3.8, 4) is 0 Å². The predicted molar refractivity (Wildman–Crippen MR) is 123 cm³/mol. The molecule has 0 aliphatic heterocycles. The number of hydrogen-bond acceptors (Lipinski definition) is 6. The molecule has 0 spiro atoms. The van der Waals surface area contributed by atoms with Gasteiger partial charge >= 0.3 is 0 Å². The molecule has 8 heteroatoms. The van der Waals surface area contributed by atoms with E-state index in [4.69, 9.17) is 9.47 Å². The van der Waals surface area contributed by atoms with E-state index in [-0.39, 0.29) is 25.7 Å². The summed E-state index contributed by atoms with van der Waals surface area (Å²) in [5.41, 5.74) is 4.20. The van der Waals surface area contributed by atoms with E-state index in [0.717, 1.165) is 11.3 Å². The summed E-state index contributed by atoms with van der Waals surface area (Å²) in [6, 6.07) is 16.3. The second-order valence-corrected chi connectivity index (χ2v) is 7.69. The number of anilines is 1. The number of hydrogen-bond donors (Lipinski definition) is 3. The Morgan fingerprint density at radius 2 is 1.72 bits per heavy atom. The summed E-state index contributed by atoms with van der Waals surface area (Å²) >= 11 is 0. The molecule has 0 aliphatic carbocycles. The Kier molecular flexibility index (Phi) is 10.7. The zero-order valence-electron chi connectivity index (χ0n) is 18.9. The molecule has 0 bridgehead atoms. The number of ether oxygens (including phenoxy) is 2. The van der Waals surface area contributed by atoms with E-state index < -0.39 is 17.9 Å². The van der Waals surface area contributed by atoms with Crippen LogP contribution in [0.2, 0.25) is 0 Å². The van der Waals surface area contributed by atoms with Crippen molar-refractivity contribution in [2.75, 3.05) is 39.0 Å². The second kappa shape index (κ2) is 13.5. The van der Waals surface area contributed by atoms with Crippen LogP contribution in [0, 0.1) is 5.92 Å². The van der Waals surface area contributed by atoms with Crippen LogP contribution in [0.25, 0.3) is 0 Å². The topological polar surface area (TPSA) is 100 Å². The molecule has 2 atom stereocenters. The van der Waals surface area contributed by atoms with Crippen molar-refractivity contribution in [1.29, 1.82) is 0 Å². The van der Waals surface area contributed by atoms with E-state index in [2.05, 4.69) is 5.32 Å². The summed E-state index contributed by atoms with van der Waals surface area (Å²) in [6.45, 7) is 2.64. The molecule has 2 amide bonds. The molecule has 32 heavy (non-hydrogen) atoms. The minimum atomic E-state index is -0.556. The molecule has 2 aromatic carbocycles. The van der Waals surface area contributed by atoms with Crippen LogP contribution in [0.5, 0.6) is 0 Å². The van der Waals surface area contributed by atoms with E-state index in [1.807, 2.05) is 68.4 Å². The average Bonchev–Trinajstić information content (AvgIpc) is 2.81. The third-order valence-electron chi connectivity index (χ3n) is 5.05. The van der Waals surface area contributed by atoms with E-state index in [0.29, 0.717) is 18.6 Å². The molecule has 2 aromatic rings. The van der Waals surface area contributed by atoms with Crippen molar-refractivity contribution in [2.45, 2.75) is 25.8 Å². The first-order chi connectivity index (χ1) is 15.4. The van der Waals surface area contributed by atoms with Gasteiger partial charge in [-0.1, -0.05) is 30.3 Å². The molecule has 0 fully saturated rings. The summed E-state index contributed by atoms with van der Waals surface area (Å²) in [6.07, 6.45) is 0.706. The van der Waals surface area contributed by atoms with Gasteiger partial charge in [-0.3, -0.25) is 14.8 Å². The molecule has 0 saturated carbocycles. The molecule has 8 nitrogen and oxygen atoms in total. The van der Waals surface area contributed by atoms with E-state index in [9.17, 15) is 14.8 Å². The van der Waals surface area contributed by atoms with Crippen molar-refractivity contribution in [1.82, 2.24) is 10.8 Å². The van der Waals surface area contributed by atoms with Crippen LogP contribution in [-0.2, 0) is 20.7 Å². The van der Waals surface area contributed by atoms with Crippen LogP contribution in [0.15, 0.2) is 54.6 Å². The number of benzene rings is 2. The number of nitrogens with zero attached hydrogens (tertiary/aromatic N) is 1. The van der Waals surface area contributed by atoms with Crippen LogP contribution in [0.3, 0.4) is 0 Å². The average molecular weight is 444 g/mol. The normalized spacial score (nSPS) is 12.6. The van der Waals surface area contributed by atoms with E-state index in [1.165, 1.54) is 0 Å². The van der Waals surface area contributed by atoms with Gasteiger partial charge in [-0.05, 0) is 49.6 Å². The molecule has 0 radical (unpaired) electrons. The first-order valence-electron chi connectivity index (χ1n) is 10.7. The third-order valence-corrected chi connectivity index (χ3v) is 5.05. The van der Waals surface area contributed by atoms with Crippen LogP contribution in [0.1, 0.15) is 29.3 Å². The number of nitrogens with one attached hydrogen (secondary N) is 2. The Bertz CT molecular complexity index is 827. The van der Waals surface area contributed by atoms with Crippen molar-refractivity contribution >= 4 is 17.5 Å². The smallest absolute Gasteiger partial charge is 0.251 e. The standard InChI is InChI=1S/C24H33N3O5/c1-4-31-17-32-16-21(25-23(28)19-10-12-22(13-11-19)27(2)3)15-20(24(29)26-30)14-18-8-6-5-7-9-18/h5-13,20-21,30H,4,14-17H2,1-3H3,(H,25,28)(H,26,29)/t20-,21-/m0/s1. The first kappa shape index (κ1) is 25.3. The van der Waals surface area contributed by atoms with Crippen molar-refractivity contribution in [3.05, 3.63) is 65.7 Å². The maximum Gasteiger partial charge on any atom is 0.251 e. The quantitative estimate of drug-likeness (QED) is 0.190. The van der Waals surface area contributed by atoms with Gasteiger partial charge in [0.1, 0.15) is 6.79 Å². The summed E-state index contributed by atoms with van der Waals surface area (Å²) in [7, 11) is 3.86. The predicted octanol–water partition coefficient (Wildman–Crippen LogP) is 2.62. The summed E-state index contributed by atoms with van der Waals surface area (Å²) in [5.74, 6) is -1.32. The van der Waals surface area contributed by atoms with Gasteiger partial charge in [-0.2, -0.15) is 0 Å². The molecular weight excluding hydrogens is 410 g/mol. The van der Waals surface area contributed by atoms with Gasteiger partial charge in [0.25, 0.3) is 5.91 Å². The zero-order valence-corrected chi connectivity index (χ0v) is 18.9. The third kappa shape index (κ3) is 8.30. The fraction of sp³-hybridized carbons (Fsp3) is 0.417. The Hall–Kier alpha value is -2.94. The lowest BCUT2D eigenvalue weighted by molar-refractivity contribution is -0.134. The molecule has 0 aromatic heterocycles. The van der Waals surface area contributed by atoms with Crippen LogP contribution in [-0.4, -0.2) is 57.2 Å². The van der Waals surface area contributed by atoms with Gasteiger partial charge in [0, 0.05) is 37.9 Å². The summed E-state index contributed by atoms with van der Waals surface area (Å²) in [4.78, 5) is 27.1. The maximum absolute atomic E-state index is 12.8. The highest BCUT2D eigenvalue weighted by molar-refractivity contribution is 5.94. The Morgan fingerprint density at radius 3 is 2.31 bits per heavy atom. The monoisotopic (exact) mass is 443 g/mol. The lowest BCUT2D eigenvalue weighted by Gasteiger charge is -2.24. The fourth-order valence-corrected chi connectivity index (χ4v) is 3.30. The van der Waals surface area contributed by atoms with Crippen molar-refractivity contribution < 1.29 is 24.3 Å². The SMILES string of the molecule is CCOCOC[C@H](C[C@H](Cc1ccccc1)C(=O)NO)NC(=O)c1ccc(N(C)C)cc1. The zero-order chi connectivity index (χ0) is 23.3. The van der Waals surface area contributed by atoms with Gasteiger partial charge in [0.05, 0.1) is 12.6 Å². The highest BCUT2D eigenvalue weighted by Crippen LogP contribution is 2.17. The van der Waals surface area contributed by atoms with Crippen LogP contribution in [0.4, 0.5) is 5.69 Å². The molecule has 0 aliphatic rings. The number of rotatable bonds is 13. The van der Waals surface area contributed by atoms with Crippen molar-refractivity contribution in [2.24, 2.45) is 5.92 Å². The minimum absolute atomic E-state index is 0.0932. The molecule has 0 saturated heterocycles. The molecule has 2 rings (SSSR count). The van der Waals surface area contributed by atoms with Gasteiger partial charge in [-0.25, -0.2) is 5.48 Å². The summed E-state index contributed by atoms with van der Waals surface area (Å²) < 4.78 is 10.8. The minimum Gasteiger partial charge on any atom is -0.378 e.